The van der Waals surface area contributed by atoms with E-state index in [0.29, 0.717) is 24.5 Å². The molecule has 1 atom stereocenters. The van der Waals surface area contributed by atoms with Crippen molar-refractivity contribution in [2.45, 2.75) is 39.5 Å². The summed E-state index contributed by atoms with van der Waals surface area (Å²) in [5.41, 5.74) is 1.10. The summed E-state index contributed by atoms with van der Waals surface area (Å²) in [5.74, 6) is 1.64. The minimum Gasteiger partial charge on any atom is -0.497 e. The summed E-state index contributed by atoms with van der Waals surface area (Å²) in [4.78, 5) is 12.3. The third-order valence-electron chi connectivity index (χ3n) is 3.92. The van der Waals surface area contributed by atoms with Gasteiger partial charge in [0, 0.05) is 12.8 Å². The van der Waals surface area contributed by atoms with E-state index in [1.165, 1.54) is 0 Å². The standard InChI is InChI=1S/C19H24O2/c1-4-6-14(2)11-17(20)12-16-8-5-7-15-9-10-18(21-3)13-19(15)16/h5,7-10,13-14H,4,6,11-12H2,1-3H3. The Kier molecular flexibility index (Phi) is 5.38. The highest BCUT2D eigenvalue weighted by molar-refractivity contribution is 5.91. The number of hydrogen-bond acceptors (Lipinski definition) is 2. The quantitative estimate of drug-likeness (QED) is 0.731. The van der Waals surface area contributed by atoms with Crippen molar-refractivity contribution in [1.82, 2.24) is 0 Å². The van der Waals surface area contributed by atoms with Gasteiger partial charge in [-0.25, -0.2) is 0 Å². The van der Waals surface area contributed by atoms with Crippen LogP contribution in [-0.2, 0) is 11.2 Å². The summed E-state index contributed by atoms with van der Waals surface area (Å²) < 4.78 is 5.29. The number of carbonyl (C=O) groups is 1. The zero-order valence-corrected chi connectivity index (χ0v) is 13.2. The Morgan fingerprint density at radius 3 is 2.76 bits per heavy atom. The van der Waals surface area contributed by atoms with Crippen molar-refractivity contribution in [3.63, 3.8) is 0 Å². The smallest absolute Gasteiger partial charge is 0.137 e. The molecule has 2 aromatic rings. The number of fused-ring (bicyclic) bond motifs is 1. The number of ketones is 1. The van der Waals surface area contributed by atoms with Gasteiger partial charge in [0.05, 0.1) is 7.11 Å². The average Bonchev–Trinajstić information content (AvgIpc) is 2.47. The molecule has 0 saturated heterocycles. The minimum absolute atomic E-state index is 0.325. The second-order valence-corrected chi connectivity index (χ2v) is 5.82. The molecule has 0 N–H and O–H groups in total. The van der Waals surface area contributed by atoms with Gasteiger partial charge in [-0.05, 0) is 34.4 Å². The third kappa shape index (κ3) is 4.07. The van der Waals surface area contributed by atoms with Crippen LogP contribution < -0.4 is 4.74 Å². The van der Waals surface area contributed by atoms with Crippen LogP contribution in [0.3, 0.4) is 0 Å². The minimum atomic E-state index is 0.325. The van der Waals surface area contributed by atoms with Gasteiger partial charge >= 0.3 is 0 Å². The van der Waals surface area contributed by atoms with Crippen LogP contribution in [0.2, 0.25) is 0 Å². The van der Waals surface area contributed by atoms with Crippen LogP contribution in [0, 0.1) is 5.92 Å². The van der Waals surface area contributed by atoms with Crippen LogP contribution in [0.5, 0.6) is 5.75 Å². The molecule has 0 spiro atoms. The summed E-state index contributed by atoms with van der Waals surface area (Å²) in [5, 5.41) is 2.27. The molecule has 0 aliphatic heterocycles. The Bertz CT molecular complexity index is 616. The first-order chi connectivity index (χ1) is 10.1. The second-order valence-electron chi connectivity index (χ2n) is 5.82. The van der Waals surface area contributed by atoms with Gasteiger partial charge in [-0.15, -0.1) is 0 Å². The van der Waals surface area contributed by atoms with Crippen LogP contribution >= 0.6 is 0 Å². The fraction of sp³-hybridized carbons (Fsp3) is 0.421. The van der Waals surface area contributed by atoms with E-state index < -0.39 is 0 Å². The lowest BCUT2D eigenvalue weighted by Crippen LogP contribution is -2.08. The predicted molar refractivity (Wildman–Crippen MR) is 87.9 cm³/mol. The van der Waals surface area contributed by atoms with Gasteiger partial charge in [0.2, 0.25) is 0 Å². The van der Waals surface area contributed by atoms with Crippen LogP contribution in [0.1, 0.15) is 38.7 Å². The maximum atomic E-state index is 12.3. The van der Waals surface area contributed by atoms with E-state index in [1.807, 2.05) is 30.3 Å². The van der Waals surface area contributed by atoms with Crippen molar-refractivity contribution in [2.24, 2.45) is 5.92 Å². The lowest BCUT2D eigenvalue weighted by atomic mass is 9.94. The van der Waals surface area contributed by atoms with E-state index in [1.54, 1.807) is 7.11 Å². The van der Waals surface area contributed by atoms with Gasteiger partial charge in [-0.2, -0.15) is 0 Å². The van der Waals surface area contributed by atoms with Crippen LogP contribution in [-0.4, -0.2) is 12.9 Å². The lowest BCUT2D eigenvalue weighted by Gasteiger charge is -2.11. The zero-order chi connectivity index (χ0) is 15.2. The normalized spacial score (nSPS) is 12.3. The largest absolute Gasteiger partial charge is 0.497 e. The van der Waals surface area contributed by atoms with Crippen LogP contribution in [0.4, 0.5) is 0 Å². The number of benzene rings is 2. The number of ether oxygens (including phenoxy) is 1. The Morgan fingerprint density at radius 1 is 1.24 bits per heavy atom. The molecule has 0 fully saturated rings. The molecule has 0 aliphatic rings. The fourth-order valence-corrected chi connectivity index (χ4v) is 2.87. The zero-order valence-electron chi connectivity index (χ0n) is 13.2. The number of methoxy groups -OCH3 is 1. The number of Topliss-reactive ketones (excluding diaryl/α,β-unsaturated/α-hetero) is 1. The van der Waals surface area contributed by atoms with Crippen molar-refractivity contribution in [2.75, 3.05) is 7.11 Å². The van der Waals surface area contributed by atoms with E-state index in [9.17, 15) is 4.79 Å². The number of hydrogen-bond donors (Lipinski definition) is 0. The highest BCUT2D eigenvalue weighted by atomic mass is 16.5. The highest BCUT2D eigenvalue weighted by Gasteiger charge is 2.11. The summed E-state index contributed by atoms with van der Waals surface area (Å²) in [6.07, 6.45) is 3.45. The Labute approximate surface area is 127 Å². The molecule has 21 heavy (non-hydrogen) atoms. The Morgan fingerprint density at radius 2 is 2.05 bits per heavy atom. The molecule has 2 heteroatoms. The monoisotopic (exact) mass is 284 g/mol. The maximum Gasteiger partial charge on any atom is 0.137 e. The third-order valence-corrected chi connectivity index (χ3v) is 3.92. The van der Waals surface area contributed by atoms with Gasteiger partial charge in [0.25, 0.3) is 0 Å². The molecule has 0 bridgehead atoms. The molecule has 112 valence electrons. The van der Waals surface area contributed by atoms with Crippen molar-refractivity contribution in [3.8, 4) is 5.75 Å². The van der Waals surface area contributed by atoms with E-state index in [2.05, 4.69) is 19.9 Å². The van der Waals surface area contributed by atoms with Crippen LogP contribution in [0.25, 0.3) is 10.8 Å². The molecule has 2 aromatic carbocycles. The Balaban J connectivity index is 2.19. The van der Waals surface area contributed by atoms with E-state index in [0.717, 1.165) is 34.9 Å². The molecule has 1 unspecified atom stereocenters. The molecule has 0 aromatic heterocycles. The number of carbonyl (C=O) groups excluding carboxylic acids is 1. The highest BCUT2D eigenvalue weighted by Crippen LogP contribution is 2.25. The van der Waals surface area contributed by atoms with E-state index in [-0.39, 0.29) is 0 Å². The molecule has 0 amide bonds. The first-order valence-corrected chi connectivity index (χ1v) is 7.71. The average molecular weight is 284 g/mol. The SMILES string of the molecule is CCCC(C)CC(=O)Cc1cccc2ccc(OC)cc12. The molecular formula is C19H24O2. The van der Waals surface area contributed by atoms with Crippen molar-refractivity contribution >= 4 is 16.6 Å². The topological polar surface area (TPSA) is 26.3 Å². The molecule has 2 nitrogen and oxygen atoms in total. The predicted octanol–water partition coefficient (Wildman–Crippen LogP) is 4.79. The first kappa shape index (κ1) is 15.6. The van der Waals surface area contributed by atoms with Crippen molar-refractivity contribution < 1.29 is 9.53 Å². The summed E-state index contributed by atoms with van der Waals surface area (Å²) >= 11 is 0. The number of rotatable bonds is 7. The lowest BCUT2D eigenvalue weighted by molar-refractivity contribution is -0.119. The first-order valence-electron chi connectivity index (χ1n) is 7.71. The van der Waals surface area contributed by atoms with Gasteiger partial charge in [0.15, 0.2) is 0 Å². The molecule has 0 saturated carbocycles. The fourth-order valence-electron chi connectivity index (χ4n) is 2.87. The second kappa shape index (κ2) is 7.26. The van der Waals surface area contributed by atoms with Crippen molar-refractivity contribution in [3.05, 3.63) is 42.0 Å². The molecule has 0 aliphatic carbocycles. The molecular weight excluding hydrogens is 260 g/mol. The van der Waals surface area contributed by atoms with E-state index in [4.69, 9.17) is 4.74 Å². The molecule has 0 radical (unpaired) electrons. The van der Waals surface area contributed by atoms with E-state index >= 15 is 0 Å². The van der Waals surface area contributed by atoms with Crippen LogP contribution in [0.15, 0.2) is 36.4 Å². The Hall–Kier alpha value is -1.83. The van der Waals surface area contributed by atoms with Gasteiger partial charge < -0.3 is 4.74 Å². The summed E-state index contributed by atoms with van der Waals surface area (Å²) in [6.45, 7) is 4.32. The maximum absolute atomic E-state index is 12.3. The van der Waals surface area contributed by atoms with Gasteiger partial charge in [-0.3, -0.25) is 4.79 Å². The van der Waals surface area contributed by atoms with Gasteiger partial charge in [0.1, 0.15) is 11.5 Å². The molecule has 2 rings (SSSR count). The summed E-state index contributed by atoms with van der Waals surface area (Å²) in [6, 6.07) is 12.2. The molecule has 0 heterocycles. The summed E-state index contributed by atoms with van der Waals surface area (Å²) in [7, 11) is 1.67. The van der Waals surface area contributed by atoms with Gasteiger partial charge in [-0.1, -0.05) is 51.0 Å². The van der Waals surface area contributed by atoms with Crippen molar-refractivity contribution in [1.29, 1.82) is 0 Å².